The summed E-state index contributed by atoms with van der Waals surface area (Å²) in [7, 11) is 0. The maximum atomic E-state index is 6.18. The largest absolute Gasteiger partial charge is 0.369 e. The summed E-state index contributed by atoms with van der Waals surface area (Å²) >= 11 is 6.10. The van der Waals surface area contributed by atoms with Crippen molar-refractivity contribution >= 4 is 17.3 Å². The number of benzene rings is 1. The topological polar surface area (TPSA) is 32.5 Å². The minimum Gasteiger partial charge on any atom is -0.369 e. The summed E-state index contributed by atoms with van der Waals surface area (Å²) < 4.78 is 0. The van der Waals surface area contributed by atoms with Crippen LogP contribution in [0.2, 0.25) is 5.02 Å². The van der Waals surface area contributed by atoms with Gasteiger partial charge < -0.3 is 10.6 Å². The van der Waals surface area contributed by atoms with Crippen molar-refractivity contribution in [1.29, 1.82) is 0 Å². The zero-order valence-electron chi connectivity index (χ0n) is 11.9. The molecule has 1 aromatic rings. The molecule has 0 saturated carbocycles. The standard InChI is InChI=1S/C15H24ClN3/c1-3-4-15(17)19-9-7-18(8-10-19)14-11-13(16)6-5-12(14)2/h5-6,11,15H,3-4,7-10,17H2,1-2H3. The van der Waals surface area contributed by atoms with E-state index in [1.807, 2.05) is 6.07 Å². The SMILES string of the molecule is CCCC(N)N1CCN(c2cc(Cl)ccc2C)CC1. The number of halogens is 1. The summed E-state index contributed by atoms with van der Waals surface area (Å²) in [5.41, 5.74) is 8.73. The fourth-order valence-corrected chi connectivity index (χ4v) is 2.86. The molecule has 0 bridgehead atoms. The summed E-state index contributed by atoms with van der Waals surface area (Å²) in [5, 5.41) is 0.811. The summed E-state index contributed by atoms with van der Waals surface area (Å²) in [5.74, 6) is 0. The first-order valence-corrected chi connectivity index (χ1v) is 7.50. The number of rotatable bonds is 4. The first-order valence-electron chi connectivity index (χ1n) is 7.12. The maximum absolute atomic E-state index is 6.18. The van der Waals surface area contributed by atoms with Crippen LogP contribution in [-0.2, 0) is 0 Å². The zero-order valence-corrected chi connectivity index (χ0v) is 12.7. The fraction of sp³-hybridized carbons (Fsp3) is 0.600. The Morgan fingerprint density at radius 1 is 1.26 bits per heavy atom. The molecule has 106 valence electrons. The van der Waals surface area contributed by atoms with Crippen LogP contribution in [0.25, 0.3) is 0 Å². The van der Waals surface area contributed by atoms with Gasteiger partial charge in [0.1, 0.15) is 0 Å². The van der Waals surface area contributed by atoms with Crippen LogP contribution >= 0.6 is 11.6 Å². The van der Waals surface area contributed by atoms with Crippen molar-refractivity contribution in [2.24, 2.45) is 5.73 Å². The first-order chi connectivity index (χ1) is 9.11. The number of aryl methyl sites for hydroxylation is 1. The molecule has 1 unspecified atom stereocenters. The van der Waals surface area contributed by atoms with E-state index in [9.17, 15) is 0 Å². The van der Waals surface area contributed by atoms with Crippen molar-refractivity contribution in [3.63, 3.8) is 0 Å². The van der Waals surface area contributed by atoms with E-state index in [1.165, 1.54) is 11.3 Å². The van der Waals surface area contributed by atoms with Crippen molar-refractivity contribution in [3.8, 4) is 0 Å². The minimum atomic E-state index is 0.215. The van der Waals surface area contributed by atoms with E-state index in [0.29, 0.717) is 0 Å². The number of nitrogens with zero attached hydrogens (tertiary/aromatic N) is 2. The van der Waals surface area contributed by atoms with Crippen molar-refractivity contribution < 1.29 is 0 Å². The van der Waals surface area contributed by atoms with Crippen LogP contribution in [0.15, 0.2) is 18.2 Å². The molecule has 1 heterocycles. The molecule has 1 aliphatic rings. The quantitative estimate of drug-likeness (QED) is 0.921. The molecule has 19 heavy (non-hydrogen) atoms. The van der Waals surface area contributed by atoms with E-state index in [2.05, 4.69) is 35.8 Å². The van der Waals surface area contributed by atoms with Gasteiger partial charge in [-0.25, -0.2) is 0 Å². The van der Waals surface area contributed by atoms with Crippen molar-refractivity contribution in [3.05, 3.63) is 28.8 Å². The van der Waals surface area contributed by atoms with Crippen LogP contribution in [0.1, 0.15) is 25.3 Å². The predicted octanol–water partition coefficient (Wildman–Crippen LogP) is 2.86. The molecule has 0 aliphatic carbocycles. The van der Waals surface area contributed by atoms with Gasteiger partial charge in [-0.15, -0.1) is 0 Å². The smallest absolute Gasteiger partial charge is 0.0572 e. The molecule has 1 saturated heterocycles. The highest BCUT2D eigenvalue weighted by molar-refractivity contribution is 6.30. The fourth-order valence-electron chi connectivity index (χ4n) is 2.70. The highest BCUT2D eigenvalue weighted by Crippen LogP contribution is 2.25. The Morgan fingerprint density at radius 2 is 1.95 bits per heavy atom. The minimum absolute atomic E-state index is 0.215. The molecule has 2 rings (SSSR count). The Morgan fingerprint density at radius 3 is 2.58 bits per heavy atom. The van der Waals surface area contributed by atoms with E-state index in [4.69, 9.17) is 17.3 Å². The normalized spacial score (nSPS) is 18.6. The number of nitrogens with two attached hydrogens (primary N) is 1. The second-order valence-corrected chi connectivity index (χ2v) is 5.75. The van der Waals surface area contributed by atoms with Gasteiger partial charge in [0.05, 0.1) is 6.17 Å². The Hall–Kier alpha value is -0.770. The number of hydrogen-bond acceptors (Lipinski definition) is 3. The van der Waals surface area contributed by atoms with Gasteiger partial charge >= 0.3 is 0 Å². The molecule has 1 fully saturated rings. The Labute approximate surface area is 121 Å². The summed E-state index contributed by atoms with van der Waals surface area (Å²) in [6.45, 7) is 8.45. The predicted molar refractivity (Wildman–Crippen MR) is 82.9 cm³/mol. The highest BCUT2D eigenvalue weighted by Gasteiger charge is 2.21. The van der Waals surface area contributed by atoms with Gasteiger partial charge in [0.25, 0.3) is 0 Å². The van der Waals surface area contributed by atoms with Crippen LogP contribution in [0.3, 0.4) is 0 Å². The molecule has 0 spiro atoms. The third-order valence-electron chi connectivity index (χ3n) is 3.88. The van der Waals surface area contributed by atoms with Gasteiger partial charge in [-0.1, -0.05) is 31.0 Å². The van der Waals surface area contributed by atoms with Crippen molar-refractivity contribution in [1.82, 2.24) is 4.90 Å². The number of piperazine rings is 1. The summed E-state index contributed by atoms with van der Waals surface area (Å²) in [6.07, 6.45) is 2.44. The van der Waals surface area contributed by atoms with Crippen molar-refractivity contribution in [2.75, 3.05) is 31.1 Å². The molecule has 0 amide bonds. The Kier molecular flexibility index (Phi) is 5.08. The molecular weight excluding hydrogens is 258 g/mol. The number of hydrogen-bond donors (Lipinski definition) is 1. The van der Waals surface area contributed by atoms with Crippen LogP contribution < -0.4 is 10.6 Å². The van der Waals surface area contributed by atoms with E-state index >= 15 is 0 Å². The van der Waals surface area contributed by atoms with Gasteiger partial charge in [-0.05, 0) is 31.0 Å². The van der Waals surface area contributed by atoms with Gasteiger partial charge in [0.15, 0.2) is 0 Å². The third kappa shape index (κ3) is 3.62. The molecule has 0 aromatic heterocycles. The first kappa shape index (κ1) is 14.6. The molecule has 1 aliphatic heterocycles. The molecule has 2 N–H and O–H groups in total. The molecule has 3 nitrogen and oxygen atoms in total. The third-order valence-corrected chi connectivity index (χ3v) is 4.11. The lowest BCUT2D eigenvalue weighted by molar-refractivity contribution is 0.179. The van der Waals surface area contributed by atoms with Crippen LogP contribution in [0, 0.1) is 6.92 Å². The lowest BCUT2D eigenvalue weighted by Crippen LogP contribution is -2.53. The Bertz CT molecular complexity index is 414. The summed E-state index contributed by atoms with van der Waals surface area (Å²) in [6, 6.07) is 6.11. The summed E-state index contributed by atoms with van der Waals surface area (Å²) in [4.78, 5) is 4.80. The second kappa shape index (κ2) is 6.60. The molecule has 1 atom stereocenters. The zero-order chi connectivity index (χ0) is 13.8. The maximum Gasteiger partial charge on any atom is 0.0572 e. The van der Waals surface area contributed by atoms with E-state index < -0.39 is 0 Å². The lowest BCUT2D eigenvalue weighted by atomic mass is 10.1. The van der Waals surface area contributed by atoms with Crippen LogP contribution in [-0.4, -0.2) is 37.2 Å². The van der Waals surface area contributed by atoms with Gasteiger partial charge in [-0.3, -0.25) is 4.90 Å². The van der Waals surface area contributed by atoms with Gasteiger partial charge in [-0.2, -0.15) is 0 Å². The monoisotopic (exact) mass is 281 g/mol. The van der Waals surface area contributed by atoms with Gasteiger partial charge in [0, 0.05) is 36.9 Å². The molecule has 4 heteroatoms. The van der Waals surface area contributed by atoms with Gasteiger partial charge in [0.2, 0.25) is 0 Å². The average Bonchev–Trinajstić information content (AvgIpc) is 2.42. The van der Waals surface area contributed by atoms with Crippen LogP contribution in [0.4, 0.5) is 5.69 Å². The average molecular weight is 282 g/mol. The van der Waals surface area contributed by atoms with Crippen LogP contribution in [0.5, 0.6) is 0 Å². The van der Waals surface area contributed by atoms with E-state index in [1.54, 1.807) is 0 Å². The highest BCUT2D eigenvalue weighted by atomic mass is 35.5. The lowest BCUT2D eigenvalue weighted by Gasteiger charge is -2.39. The molecule has 1 aromatic carbocycles. The molecule has 0 radical (unpaired) electrons. The number of anilines is 1. The second-order valence-electron chi connectivity index (χ2n) is 5.31. The van der Waals surface area contributed by atoms with Crippen molar-refractivity contribution in [2.45, 2.75) is 32.9 Å². The van der Waals surface area contributed by atoms with E-state index in [0.717, 1.165) is 44.0 Å². The van der Waals surface area contributed by atoms with E-state index in [-0.39, 0.29) is 6.17 Å². The molecular formula is C15H24ClN3. The Balaban J connectivity index is 1.98.